The number of aromatic hydroxyl groups is 1. The highest BCUT2D eigenvalue weighted by atomic mass is 16.6. The van der Waals surface area contributed by atoms with Crippen molar-refractivity contribution in [2.45, 2.75) is 26.4 Å². The largest absolute Gasteiger partial charge is 0.508 e. The maximum absolute atomic E-state index is 10.9. The third kappa shape index (κ3) is 3.58. The lowest BCUT2D eigenvalue weighted by atomic mass is 10.0. The molecule has 0 radical (unpaired) electrons. The highest BCUT2D eigenvalue weighted by molar-refractivity contribution is 5.44. The predicted octanol–water partition coefficient (Wildman–Crippen LogP) is 3.46. The molecule has 1 atom stereocenters. The fourth-order valence-corrected chi connectivity index (χ4v) is 2.20. The molecule has 0 saturated heterocycles. The monoisotopic (exact) mass is 286 g/mol. The van der Waals surface area contributed by atoms with Crippen molar-refractivity contribution in [1.82, 2.24) is 5.32 Å². The van der Waals surface area contributed by atoms with Gasteiger partial charge in [-0.15, -0.1) is 0 Å². The second kappa shape index (κ2) is 6.37. The molecule has 2 aromatic rings. The zero-order valence-corrected chi connectivity index (χ0v) is 12.0. The summed E-state index contributed by atoms with van der Waals surface area (Å²) in [6, 6.07) is 12.2. The van der Waals surface area contributed by atoms with Crippen LogP contribution in [0.3, 0.4) is 0 Å². The van der Waals surface area contributed by atoms with Crippen molar-refractivity contribution in [1.29, 1.82) is 0 Å². The molecule has 0 amide bonds. The topological polar surface area (TPSA) is 75.4 Å². The van der Waals surface area contributed by atoms with Crippen LogP contribution >= 0.6 is 0 Å². The number of rotatable bonds is 5. The summed E-state index contributed by atoms with van der Waals surface area (Å²) in [5, 5.41) is 23.5. The van der Waals surface area contributed by atoms with Gasteiger partial charge >= 0.3 is 0 Å². The van der Waals surface area contributed by atoms with Gasteiger partial charge in [-0.05, 0) is 37.1 Å². The molecule has 0 aromatic heterocycles. The van der Waals surface area contributed by atoms with Crippen LogP contribution in [0, 0.1) is 17.0 Å². The van der Waals surface area contributed by atoms with Gasteiger partial charge in [-0.2, -0.15) is 0 Å². The summed E-state index contributed by atoms with van der Waals surface area (Å²) in [5.74, 6) is 0.237. The Morgan fingerprint density at radius 2 is 1.90 bits per heavy atom. The van der Waals surface area contributed by atoms with Crippen LogP contribution in [0.4, 0.5) is 5.69 Å². The number of benzene rings is 2. The summed E-state index contributed by atoms with van der Waals surface area (Å²) in [6.45, 7) is 4.33. The first-order chi connectivity index (χ1) is 9.99. The molecule has 0 spiro atoms. The number of hydrogen-bond acceptors (Lipinski definition) is 4. The summed E-state index contributed by atoms with van der Waals surface area (Å²) in [7, 11) is 0. The molecule has 2 N–H and O–H groups in total. The molecule has 0 fully saturated rings. The van der Waals surface area contributed by atoms with Crippen LogP contribution in [-0.4, -0.2) is 10.0 Å². The van der Waals surface area contributed by atoms with E-state index in [0.717, 1.165) is 11.1 Å². The molecule has 0 saturated carbocycles. The van der Waals surface area contributed by atoms with Gasteiger partial charge in [0.15, 0.2) is 0 Å². The molecule has 2 aromatic carbocycles. The van der Waals surface area contributed by atoms with Crippen molar-refractivity contribution < 1.29 is 10.0 Å². The van der Waals surface area contributed by atoms with Crippen LogP contribution in [0.1, 0.15) is 29.7 Å². The van der Waals surface area contributed by atoms with Gasteiger partial charge in [0.2, 0.25) is 0 Å². The Kier molecular flexibility index (Phi) is 4.55. The maximum Gasteiger partial charge on any atom is 0.272 e. The average Bonchev–Trinajstić information content (AvgIpc) is 2.46. The Balaban J connectivity index is 2.08. The van der Waals surface area contributed by atoms with Crippen LogP contribution < -0.4 is 5.32 Å². The summed E-state index contributed by atoms with van der Waals surface area (Å²) >= 11 is 0. The van der Waals surface area contributed by atoms with E-state index in [2.05, 4.69) is 5.32 Å². The first-order valence-electron chi connectivity index (χ1n) is 6.74. The molecule has 110 valence electrons. The van der Waals surface area contributed by atoms with Gasteiger partial charge < -0.3 is 10.4 Å². The van der Waals surface area contributed by atoms with Gasteiger partial charge in [0.25, 0.3) is 5.69 Å². The lowest BCUT2D eigenvalue weighted by molar-refractivity contribution is -0.385. The van der Waals surface area contributed by atoms with E-state index in [9.17, 15) is 15.2 Å². The highest BCUT2D eigenvalue weighted by Gasteiger charge is 2.13. The summed E-state index contributed by atoms with van der Waals surface area (Å²) in [5.41, 5.74) is 2.80. The Morgan fingerprint density at radius 3 is 2.52 bits per heavy atom. The average molecular weight is 286 g/mol. The number of nitrogens with zero attached hydrogens (tertiary/aromatic N) is 1. The number of nitrogens with one attached hydrogen (secondary N) is 1. The summed E-state index contributed by atoms with van der Waals surface area (Å²) in [4.78, 5) is 10.6. The van der Waals surface area contributed by atoms with E-state index >= 15 is 0 Å². The second-order valence-corrected chi connectivity index (χ2v) is 5.01. The van der Waals surface area contributed by atoms with E-state index in [4.69, 9.17) is 0 Å². The minimum atomic E-state index is -0.359. The number of nitro groups is 1. The molecule has 21 heavy (non-hydrogen) atoms. The first-order valence-corrected chi connectivity index (χ1v) is 6.74. The minimum Gasteiger partial charge on any atom is -0.508 e. The van der Waals surface area contributed by atoms with Crippen LogP contribution in [0.5, 0.6) is 5.75 Å². The Morgan fingerprint density at radius 1 is 1.24 bits per heavy atom. The third-order valence-corrected chi connectivity index (χ3v) is 3.61. The van der Waals surface area contributed by atoms with Gasteiger partial charge in [0.05, 0.1) is 4.92 Å². The molecule has 5 heteroatoms. The Labute approximate surface area is 123 Å². The molecule has 2 rings (SSSR count). The molecule has 5 nitrogen and oxygen atoms in total. The van der Waals surface area contributed by atoms with E-state index in [1.54, 1.807) is 25.1 Å². The van der Waals surface area contributed by atoms with E-state index in [-0.39, 0.29) is 22.4 Å². The van der Waals surface area contributed by atoms with Gasteiger partial charge in [-0.1, -0.05) is 24.3 Å². The molecule has 0 bridgehead atoms. The number of hydrogen-bond donors (Lipinski definition) is 2. The van der Waals surface area contributed by atoms with Crippen molar-refractivity contribution in [3.05, 3.63) is 69.3 Å². The Hall–Kier alpha value is -2.40. The van der Waals surface area contributed by atoms with Crippen LogP contribution in [0.15, 0.2) is 42.5 Å². The fraction of sp³-hybridized carbons (Fsp3) is 0.250. The lowest BCUT2D eigenvalue weighted by Gasteiger charge is -2.15. The van der Waals surface area contributed by atoms with Crippen LogP contribution in [0.2, 0.25) is 0 Å². The van der Waals surface area contributed by atoms with E-state index in [1.165, 1.54) is 6.07 Å². The van der Waals surface area contributed by atoms with Crippen molar-refractivity contribution in [3.8, 4) is 5.75 Å². The standard InChI is InChI=1S/C16H18N2O3/c1-11-14(4-3-5-16(11)18(20)21)10-17-12(2)13-6-8-15(19)9-7-13/h3-9,12,17,19H,10H2,1-2H3. The maximum atomic E-state index is 10.9. The highest BCUT2D eigenvalue weighted by Crippen LogP contribution is 2.22. The van der Waals surface area contributed by atoms with Crippen molar-refractivity contribution in [2.24, 2.45) is 0 Å². The van der Waals surface area contributed by atoms with E-state index in [1.807, 2.05) is 25.1 Å². The number of nitro benzene ring substituents is 1. The molecule has 1 unspecified atom stereocenters. The van der Waals surface area contributed by atoms with Gasteiger partial charge in [-0.25, -0.2) is 0 Å². The van der Waals surface area contributed by atoms with Crippen LogP contribution in [-0.2, 0) is 6.54 Å². The first kappa shape index (κ1) is 15.0. The van der Waals surface area contributed by atoms with Crippen molar-refractivity contribution in [2.75, 3.05) is 0 Å². The SMILES string of the molecule is Cc1c(CNC(C)c2ccc(O)cc2)cccc1[N+](=O)[O-]. The molecule has 0 aliphatic rings. The molecule has 0 heterocycles. The van der Waals surface area contributed by atoms with Crippen molar-refractivity contribution >= 4 is 5.69 Å². The Bertz CT molecular complexity index is 638. The van der Waals surface area contributed by atoms with Crippen molar-refractivity contribution in [3.63, 3.8) is 0 Å². The van der Waals surface area contributed by atoms with Gasteiger partial charge in [0.1, 0.15) is 5.75 Å². The zero-order valence-electron chi connectivity index (χ0n) is 12.0. The quantitative estimate of drug-likeness (QED) is 0.652. The smallest absolute Gasteiger partial charge is 0.272 e. The third-order valence-electron chi connectivity index (χ3n) is 3.61. The molecular formula is C16H18N2O3. The van der Waals surface area contributed by atoms with Crippen LogP contribution in [0.25, 0.3) is 0 Å². The summed E-state index contributed by atoms with van der Waals surface area (Å²) < 4.78 is 0. The number of phenols is 1. The molecule has 0 aliphatic heterocycles. The van der Waals surface area contributed by atoms with Gasteiger partial charge in [0, 0.05) is 24.2 Å². The van der Waals surface area contributed by atoms with E-state index < -0.39 is 0 Å². The molecule has 0 aliphatic carbocycles. The predicted molar refractivity (Wildman–Crippen MR) is 81.2 cm³/mol. The van der Waals surface area contributed by atoms with Gasteiger partial charge in [-0.3, -0.25) is 10.1 Å². The second-order valence-electron chi connectivity index (χ2n) is 5.01. The fourth-order valence-electron chi connectivity index (χ4n) is 2.20. The lowest BCUT2D eigenvalue weighted by Crippen LogP contribution is -2.18. The minimum absolute atomic E-state index is 0.0873. The zero-order chi connectivity index (χ0) is 15.4. The van der Waals surface area contributed by atoms with E-state index in [0.29, 0.717) is 12.1 Å². The summed E-state index contributed by atoms with van der Waals surface area (Å²) in [6.07, 6.45) is 0. The number of phenolic OH excluding ortho intramolecular Hbond substituents is 1. The normalized spacial score (nSPS) is 12.1. The molecular weight excluding hydrogens is 268 g/mol.